The molecule has 1 heterocycles. The number of aromatic nitrogens is 1. The number of fused-ring (bicyclic) bond motifs is 1. The molecule has 1 aromatic carbocycles. The van der Waals surface area contributed by atoms with Crippen molar-refractivity contribution in [2.24, 2.45) is 0 Å². The zero-order valence-corrected chi connectivity index (χ0v) is 12.3. The molecule has 0 unspecified atom stereocenters. The first-order valence-corrected chi connectivity index (χ1v) is 7.77. The van der Waals surface area contributed by atoms with Gasteiger partial charge < -0.3 is 10.3 Å². The van der Waals surface area contributed by atoms with E-state index in [0.717, 1.165) is 25.7 Å². The highest BCUT2D eigenvalue weighted by Crippen LogP contribution is 2.21. The molecule has 1 aliphatic rings. The van der Waals surface area contributed by atoms with Gasteiger partial charge in [-0.2, -0.15) is 0 Å². The van der Waals surface area contributed by atoms with Gasteiger partial charge >= 0.3 is 0 Å². The maximum atomic E-state index is 13.4. The fraction of sp³-hybridized carbons (Fsp3) is 0.412. The number of carbonyl (C=O) groups excluding carboxylic acids is 2. The average Bonchev–Trinajstić information content (AvgIpc) is 2.74. The first kappa shape index (κ1) is 14.8. The van der Waals surface area contributed by atoms with Crippen molar-refractivity contribution < 1.29 is 14.0 Å². The molecule has 0 radical (unpaired) electrons. The highest BCUT2D eigenvalue weighted by Gasteiger charge is 2.23. The monoisotopic (exact) mass is 302 g/mol. The molecule has 0 bridgehead atoms. The van der Waals surface area contributed by atoms with E-state index in [4.69, 9.17) is 0 Å². The number of rotatable bonds is 3. The molecule has 1 saturated carbocycles. The molecular formula is C17H19FN2O2. The third-order valence-corrected chi connectivity index (χ3v) is 4.29. The number of hydrogen-bond donors (Lipinski definition) is 2. The lowest BCUT2D eigenvalue weighted by Crippen LogP contribution is -2.39. The summed E-state index contributed by atoms with van der Waals surface area (Å²) in [5, 5.41) is 3.28. The van der Waals surface area contributed by atoms with Crippen molar-refractivity contribution in [3.63, 3.8) is 0 Å². The van der Waals surface area contributed by atoms with Gasteiger partial charge in [-0.15, -0.1) is 0 Å². The molecule has 0 aliphatic heterocycles. The van der Waals surface area contributed by atoms with E-state index in [1.807, 2.05) is 0 Å². The van der Waals surface area contributed by atoms with E-state index in [2.05, 4.69) is 10.3 Å². The maximum Gasteiger partial charge on any atom is 0.292 e. The van der Waals surface area contributed by atoms with E-state index in [1.165, 1.54) is 31.2 Å². The summed E-state index contributed by atoms with van der Waals surface area (Å²) in [6, 6.07) is 4.22. The minimum atomic E-state index is -0.610. The van der Waals surface area contributed by atoms with E-state index >= 15 is 0 Å². The van der Waals surface area contributed by atoms with E-state index < -0.39 is 17.5 Å². The van der Waals surface area contributed by atoms with Crippen LogP contribution in [0.4, 0.5) is 4.39 Å². The Balaban J connectivity index is 1.76. The molecule has 0 spiro atoms. The Bertz CT molecular complexity index is 700. The molecule has 2 aromatic rings. The van der Waals surface area contributed by atoms with Gasteiger partial charge in [0, 0.05) is 23.1 Å². The molecule has 1 amide bonds. The Morgan fingerprint density at radius 1 is 1.14 bits per heavy atom. The van der Waals surface area contributed by atoms with Crippen molar-refractivity contribution in [3.8, 4) is 0 Å². The summed E-state index contributed by atoms with van der Waals surface area (Å²) >= 11 is 0. The van der Waals surface area contributed by atoms with Crippen LogP contribution in [0.25, 0.3) is 10.9 Å². The molecule has 5 heteroatoms. The number of halogens is 1. The van der Waals surface area contributed by atoms with Crippen LogP contribution in [0, 0.1) is 5.82 Å². The van der Waals surface area contributed by atoms with Crippen LogP contribution in [0.1, 0.15) is 48.9 Å². The van der Waals surface area contributed by atoms with Gasteiger partial charge in [0.15, 0.2) is 0 Å². The fourth-order valence-electron chi connectivity index (χ4n) is 3.08. The average molecular weight is 302 g/mol. The Hall–Kier alpha value is -2.17. The summed E-state index contributed by atoms with van der Waals surface area (Å²) in [6.45, 7) is 0. The topological polar surface area (TPSA) is 62.0 Å². The van der Waals surface area contributed by atoms with Crippen LogP contribution in [-0.2, 0) is 4.79 Å². The van der Waals surface area contributed by atoms with E-state index in [-0.39, 0.29) is 11.6 Å². The first-order chi connectivity index (χ1) is 10.6. The van der Waals surface area contributed by atoms with Crippen molar-refractivity contribution in [1.29, 1.82) is 0 Å². The number of hydrogen-bond acceptors (Lipinski definition) is 2. The number of benzene rings is 1. The number of Topliss-reactive ketones (excluding diaryl/α,β-unsaturated/α-hetero) is 1. The van der Waals surface area contributed by atoms with Gasteiger partial charge in [-0.05, 0) is 31.0 Å². The lowest BCUT2D eigenvalue weighted by Gasteiger charge is -2.15. The normalized spacial score (nSPS) is 16.4. The van der Waals surface area contributed by atoms with Gasteiger partial charge in [0.25, 0.3) is 11.7 Å². The molecule has 0 atom stereocenters. The van der Waals surface area contributed by atoms with Crippen LogP contribution in [0.2, 0.25) is 0 Å². The van der Waals surface area contributed by atoms with Crippen molar-refractivity contribution in [2.45, 2.75) is 44.6 Å². The third kappa shape index (κ3) is 3.03. The predicted octanol–water partition coefficient (Wildman–Crippen LogP) is 3.33. The minimum Gasteiger partial charge on any atom is -0.360 e. The Morgan fingerprint density at radius 3 is 2.59 bits per heavy atom. The van der Waals surface area contributed by atoms with Crippen LogP contribution in [0.5, 0.6) is 0 Å². The molecule has 1 aromatic heterocycles. The fourth-order valence-corrected chi connectivity index (χ4v) is 3.08. The SMILES string of the molecule is O=C(NC1CCCCCC1)C(=O)c1c[nH]c2ccc(F)cc12. The highest BCUT2D eigenvalue weighted by molar-refractivity contribution is 6.45. The Labute approximate surface area is 128 Å². The summed E-state index contributed by atoms with van der Waals surface area (Å²) < 4.78 is 13.4. The second-order valence-electron chi connectivity index (χ2n) is 5.88. The van der Waals surface area contributed by atoms with Crippen molar-refractivity contribution in [1.82, 2.24) is 10.3 Å². The van der Waals surface area contributed by atoms with Gasteiger partial charge in [0.2, 0.25) is 0 Å². The van der Waals surface area contributed by atoms with Gasteiger partial charge in [-0.25, -0.2) is 4.39 Å². The number of nitrogens with one attached hydrogen (secondary N) is 2. The van der Waals surface area contributed by atoms with Crippen LogP contribution >= 0.6 is 0 Å². The standard InChI is InChI=1S/C17H19FN2O2/c18-11-7-8-15-13(9-11)14(10-19-15)16(21)17(22)20-12-5-3-1-2-4-6-12/h7-10,12,19H,1-6H2,(H,20,22). The van der Waals surface area contributed by atoms with E-state index in [1.54, 1.807) is 6.07 Å². The molecule has 4 nitrogen and oxygen atoms in total. The molecule has 1 aliphatic carbocycles. The van der Waals surface area contributed by atoms with Crippen LogP contribution < -0.4 is 5.32 Å². The number of carbonyl (C=O) groups is 2. The molecular weight excluding hydrogens is 283 g/mol. The Kier molecular flexibility index (Phi) is 4.22. The van der Waals surface area contributed by atoms with E-state index in [9.17, 15) is 14.0 Å². The molecule has 0 saturated heterocycles. The minimum absolute atomic E-state index is 0.0703. The largest absolute Gasteiger partial charge is 0.360 e. The van der Waals surface area contributed by atoms with Gasteiger partial charge in [0.1, 0.15) is 5.82 Å². The van der Waals surface area contributed by atoms with Crippen molar-refractivity contribution in [2.75, 3.05) is 0 Å². The number of aromatic amines is 1. The van der Waals surface area contributed by atoms with Gasteiger partial charge in [-0.1, -0.05) is 25.7 Å². The zero-order chi connectivity index (χ0) is 15.5. The van der Waals surface area contributed by atoms with Crippen molar-refractivity contribution >= 4 is 22.6 Å². The first-order valence-electron chi connectivity index (χ1n) is 7.77. The summed E-state index contributed by atoms with van der Waals surface area (Å²) in [7, 11) is 0. The highest BCUT2D eigenvalue weighted by atomic mass is 19.1. The summed E-state index contributed by atoms with van der Waals surface area (Å²) in [5.74, 6) is -1.64. The number of amides is 1. The lowest BCUT2D eigenvalue weighted by molar-refractivity contribution is -0.117. The quantitative estimate of drug-likeness (QED) is 0.519. The summed E-state index contributed by atoms with van der Waals surface area (Å²) in [6.07, 6.45) is 7.83. The lowest BCUT2D eigenvalue weighted by atomic mass is 10.1. The van der Waals surface area contributed by atoms with Crippen LogP contribution in [0.3, 0.4) is 0 Å². The maximum absolute atomic E-state index is 13.4. The summed E-state index contributed by atoms with van der Waals surface area (Å²) in [4.78, 5) is 27.4. The van der Waals surface area contributed by atoms with Gasteiger partial charge in [-0.3, -0.25) is 9.59 Å². The van der Waals surface area contributed by atoms with E-state index in [0.29, 0.717) is 10.9 Å². The molecule has 22 heavy (non-hydrogen) atoms. The predicted molar refractivity (Wildman–Crippen MR) is 82.2 cm³/mol. The third-order valence-electron chi connectivity index (χ3n) is 4.29. The van der Waals surface area contributed by atoms with Crippen molar-refractivity contribution in [3.05, 3.63) is 35.8 Å². The van der Waals surface area contributed by atoms with Crippen LogP contribution in [0.15, 0.2) is 24.4 Å². The second kappa shape index (κ2) is 6.30. The molecule has 1 fully saturated rings. The number of ketones is 1. The Morgan fingerprint density at radius 2 is 1.86 bits per heavy atom. The molecule has 116 valence electrons. The van der Waals surface area contributed by atoms with Gasteiger partial charge in [0.05, 0.1) is 5.56 Å². The zero-order valence-electron chi connectivity index (χ0n) is 12.3. The second-order valence-corrected chi connectivity index (χ2v) is 5.88. The summed E-state index contributed by atoms with van der Waals surface area (Å²) in [5.41, 5.74) is 0.868. The molecule has 2 N–H and O–H groups in total. The smallest absolute Gasteiger partial charge is 0.292 e. The van der Waals surface area contributed by atoms with Crippen LogP contribution in [-0.4, -0.2) is 22.7 Å². The number of H-pyrrole nitrogens is 1. The molecule has 3 rings (SSSR count).